The third-order valence-corrected chi connectivity index (χ3v) is 3.90. The summed E-state index contributed by atoms with van der Waals surface area (Å²) in [6.45, 7) is 0. The highest BCUT2D eigenvalue weighted by Gasteiger charge is 2.16. The van der Waals surface area contributed by atoms with Gasteiger partial charge >= 0.3 is 0 Å². The van der Waals surface area contributed by atoms with Gasteiger partial charge in [-0.05, 0) is 23.8 Å². The standard InChI is InChI=1S/C12H8Cl2O2S/c13-10-6-7-12(17(14,15)16)11(8-10)9-4-2-1-3-5-9/h1-8H. The zero-order valence-electron chi connectivity index (χ0n) is 8.60. The van der Waals surface area contributed by atoms with Gasteiger partial charge in [-0.25, -0.2) is 8.42 Å². The number of halogens is 2. The first-order chi connectivity index (χ1) is 7.98. The summed E-state index contributed by atoms with van der Waals surface area (Å²) >= 11 is 5.88. The molecule has 0 aliphatic heterocycles. The van der Waals surface area contributed by atoms with Gasteiger partial charge in [0.05, 0.1) is 4.90 Å². The molecule has 0 saturated carbocycles. The Morgan fingerprint density at radius 2 is 1.59 bits per heavy atom. The van der Waals surface area contributed by atoms with Crippen molar-refractivity contribution in [2.75, 3.05) is 0 Å². The Morgan fingerprint density at radius 1 is 0.941 bits per heavy atom. The largest absolute Gasteiger partial charge is 0.261 e. The highest BCUT2D eigenvalue weighted by molar-refractivity contribution is 8.13. The van der Waals surface area contributed by atoms with E-state index in [0.717, 1.165) is 5.56 Å². The van der Waals surface area contributed by atoms with E-state index in [9.17, 15) is 8.42 Å². The summed E-state index contributed by atoms with van der Waals surface area (Å²) in [5.74, 6) is 0. The molecule has 2 aromatic carbocycles. The van der Waals surface area contributed by atoms with Gasteiger partial charge in [0.15, 0.2) is 0 Å². The summed E-state index contributed by atoms with van der Waals surface area (Å²) in [4.78, 5) is 0.0646. The lowest BCUT2D eigenvalue weighted by Gasteiger charge is -2.07. The van der Waals surface area contributed by atoms with Crippen LogP contribution < -0.4 is 0 Å². The lowest BCUT2D eigenvalue weighted by atomic mass is 10.1. The Morgan fingerprint density at radius 3 is 2.18 bits per heavy atom. The topological polar surface area (TPSA) is 34.1 Å². The lowest BCUT2D eigenvalue weighted by molar-refractivity contribution is 0.610. The van der Waals surface area contributed by atoms with Crippen molar-refractivity contribution in [2.24, 2.45) is 0 Å². The van der Waals surface area contributed by atoms with Crippen LogP contribution in [-0.4, -0.2) is 8.42 Å². The number of rotatable bonds is 2. The van der Waals surface area contributed by atoms with Crippen LogP contribution in [0.5, 0.6) is 0 Å². The molecule has 0 unspecified atom stereocenters. The van der Waals surface area contributed by atoms with Crippen molar-refractivity contribution >= 4 is 31.3 Å². The quantitative estimate of drug-likeness (QED) is 0.784. The molecule has 2 rings (SSSR count). The molecule has 2 nitrogen and oxygen atoms in total. The summed E-state index contributed by atoms with van der Waals surface area (Å²) in [6, 6.07) is 13.6. The molecular formula is C12H8Cl2O2S. The SMILES string of the molecule is O=S(=O)(Cl)c1ccc(Cl)cc1-c1ccccc1. The Bertz CT molecular complexity index is 637. The van der Waals surface area contributed by atoms with Crippen molar-refractivity contribution in [1.29, 1.82) is 0 Å². The molecule has 0 spiro atoms. The van der Waals surface area contributed by atoms with Crippen molar-refractivity contribution in [3.8, 4) is 11.1 Å². The van der Waals surface area contributed by atoms with E-state index in [1.807, 2.05) is 18.2 Å². The fourth-order valence-electron chi connectivity index (χ4n) is 1.56. The Hall–Kier alpha value is -1.03. The second-order valence-corrected chi connectivity index (χ2v) is 6.42. The molecule has 0 heterocycles. The maximum atomic E-state index is 11.5. The van der Waals surface area contributed by atoms with Gasteiger partial charge in [-0.3, -0.25) is 0 Å². The molecule has 0 aromatic heterocycles. The Balaban J connectivity index is 2.72. The number of hydrogen-bond donors (Lipinski definition) is 0. The van der Waals surface area contributed by atoms with Crippen LogP contribution in [0.2, 0.25) is 5.02 Å². The summed E-state index contributed by atoms with van der Waals surface area (Å²) < 4.78 is 22.9. The fraction of sp³-hybridized carbons (Fsp3) is 0. The molecule has 0 aliphatic rings. The van der Waals surface area contributed by atoms with E-state index in [2.05, 4.69) is 0 Å². The molecule has 0 fully saturated rings. The van der Waals surface area contributed by atoms with Gasteiger partial charge in [-0.1, -0.05) is 41.9 Å². The zero-order chi connectivity index (χ0) is 12.5. The summed E-state index contributed by atoms with van der Waals surface area (Å²) in [5.41, 5.74) is 1.27. The summed E-state index contributed by atoms with van der Waals surface area (Å²) in [6.07, 6.45) is 0. The van der Waals surface area contributed by atoms with E-state index in [-0.39, 0.29) is 4.90 Å². The van der Waals surface area contributed by atoms with Crippen LogP contribution in [0.4, 0.5) is 0 Å². The zero-order valence-corrected chi connectivity index (χ0v) is 10.9. The third-order valence-electron chi connectivity index (χ3n) is 2.29. The van der Waals surface area contributed by atoms with E-state index in [4.69, 9.17) is 22.3 Å². The summed E-state index contributed by atoms with van der Waals surface area (Å²) in [7, 11) is 1.61. The molecule has 0 aliphatic carbocycles. The molecule has 88 valence electrons. The van der Waals surface area contributed by atoms with Crippen molar-refractivity contribution < 1.29 is 8.42 Å². The summed E-state index contributed by atoms with van der Waals surface area (Å²) in [5, 5.41) is 0.466. The van der Waals surface area contributed by atoms with Crippen LogP contribution in [0, 0.1) is 0 Å². The fourth-order valence-corrected chi connectivity index (χ4v) is 2.80. The predicted molar refractivity (Wildman–Crippen MR) is 69.9 cm³/mol. The molecule has 0 bridgehead atoms. The maximum absolute atomic E-state index is 11.5. The van der Waals surface area contributed by atoms with Crippen molar-refractivity contribution in [1.82, 2.24) is 0 Å². The van der Waals surface area contributed by atoms with Crippen LogP contribution in [0.1, 0.15) is 0 Å². The molecule has 17 heavy (non-hydrogen) atoms. The minimum atomic E-state index is -3.78. The van der Waals surface area contributed by atoms with E-state index in [1.165, 1.54) is 12.1 Å². The van der Waals surface area contributed by atoms with E-state index < -0.39 is 9.05 Å². The van der Waals surface area contributed by atoms with Gasteiger partial charge in [-0.2, -0.15) is 0 Å². The molecule has 0 atom stereocenters. The van der Waals surface area contributed by atoms with E-state index in [0.29, 0.717) is 10.6 Å². The molecule has 0 N–H and O–H groups in total. The Kier molecular flexibility index (Phi) is 3.43. The van der Waals surface area contributed by atoms with Crippen molar-refractivity contribution in [3.05, 3.63) is 53.6 Å². The number of benzene rings is 2. The molecule has 0 amide bonds. The highest BCUT2D eigenvalue weighted by atomic mass is 35.7. The van der Waals surface area contributed by atoms with Gasteiger partial charge in [-0.15, -0.1) is 0 Å². The van der Waals surface area contributed by atoms with Gasteiger partial charge in [0.25, 0.3) is 9.05 Å². The normalized spacial score (nSPS) is 11.4. The van der Waals surface area contributed by atoms with E-state index in [1.54, 1.807) is 18.2 Å². The number of hydrogen-bond acceptors (Lipinski definition) is 2. The molecule has 0 radical (unpaired) electrons. The second-order valence-electron chi connectivity index (χ2n) is 3.44. The molecule has 5 heteroatoms. The molecule has 2 aromatic rings. The monoisotopic (exact) mass is 286 g/mol. The van der Waals surface area contributed by atoms with Gasteiger partial charge in [0.2, 0.25) is 0 Å². The Labute approximate surface area is 109 Å². The van der Waals surface area contributed by atoms with Gasteiger partial charge in [0, 0.05) is 21.3 Å². The van der Waals surface area contributed by atoms with Crippen LogP contribution in [0.3, 0.4) is 0 Å². The van der Waals surface area contributed by atoms with Gasteiger partial charge in [0.1, 0.15) is 0 Å². The van der Waals surface area contributed by atoms with Crippen LogP contribution in [0.15, 0.2) is 53.4 Å². The third kappa shape index (κ3) is 2.80. The molecular weight excluding hydrogens is 279 g/mol. The van der Waals surface area contributed by atoms with Crippen LogP contribution in [0.25, 0.3) is 11.1 Å². The first kappa shape index (κ1) is 12.4. The first-order valence-corrected chi connectivity index (χ1v) is 7.47. The minimum absolute atomic E-state index is 0.0646. The molecule has 0 saturated heterocycles. The second kappa shape index (κ2) is 4.69. The maximum Gasteiger partial charge on any atom is 0.261 e. The van der Waals surface area contributed by atoms with Crippen molar-refractivity contribution in [3.63, 3.8) is 0 Å². The van der Waals surface area contributed by atoms with Crippen LogP contribution in [-0.2, 0) is 9.05 Å². The first-order valence-electron chi connectivity index (χ1n) is 4.78. The van der Waals surface area contributed by atoms with E-state index >= 15 is 0 Å². The average Bonchev–Trinajstić information content (AvgIpc) is 2.28. The van der Waals surface area contributed by atoms with Gasteiger partial charge < -0.3 is 0 Å². The van der Waals surface area contributed by atoms with Crippen LogP contribution >= 0.6 is 22.3 Å². The smallest absolute Gasteiger partial charge is 0.207 e. The predicted octanol–water partition coefficient (Wildman–Crippen LogP) is 3.93. The average molecular weight is 287 g/mol. The highest BCUT2D eigenvalue weighted by Crippen LogP contribution is 2.31. The van der Waals surface area contributed by atoms with Crippen molar-refractivity contribution in [2.45, 2.75) is 4.90 Å². The minimum Gasteiger partial charge on any atom is -0.207 e. The lowest BCUT2D eigenvalue weighted by Crippen LogP contribution is -1.94.